The van der Waals surface area contributed by atoms with E-state index in [-0.39, 0.29) is 5.91 Å². The van der Waals surface area contributed by atoms with Crippen molar-refractivity contribution in [3.8, 4) is 17.1 Å². The van der Waals surface area contributed by atoms with Crippen molar-refractivity contribution in [1.82, 2.24) is 29.5 Å². The molecule has 0 saturated carbocycles. The number of carbonyl (C=O) groups excluding carboxylic acids is 1. The van der Waals surface area contributed by atoms with E-state index in [1.165, 1.54) is 0 Å². The predicted molar refractivity (Wildman–Crippen MR) is 144 cm³/mol. The normalized spacial score (nSPS) is 14.2. The number of benzene rings is 2. The van der Waals surface area contributed by atoms with Gasteiger partial charge < -0.3 is 9.80 Å². The van der Waals surface area contributed by atoms with E-state index in [9.17, 15) is 4.79 Å². The summed E-state index contributed by atoms with van der Waals surface area (Å²) in [5.74, 6) is 1.47. The van der Waals surface area contributed by atoms with E-state index < -0.39 is 0 Å². The Morgan fingerprint density at radius 1 is 0.972 bits per heavy atom. The highest BCUT2D eigenvalue weighted by Gasteiger charge is 2.22. The van der Waals surface area contributed by atoms with Crippen LogP contribution in [0.25, 0.3) is 17.1 Å². The molecule has 1 saturated heterocycles. The number of rotatable bonds is 7. The number of nitrogens with zero attached hydrogens (tertiary/aromatic N) is 6. The molecule has 2 aromatic carbocycles. The standard InChI is InChI=1S/C27H27ClN6OS/c1-2-32-13-15-33(16-14-32)26(35)22-6-3-5-20(17-22)19-36-27-31-30-25(21-9-11-29-12-10-21)34(27)24-8-4-7-23(28)18-24/h3-12,17-18H,2,13-16,19H2,1H3. The van der Waals surface area contributed by atoms with Crippen molar-refractivity contribution >= 4 is 29.3 Å². The van der Waals surface area contributed by atoms with Crippen LogP contribution in [0.5, 0.6) is 0 Å². The molecule has 0 atom stereocenters. The van der Waals surface area contributed by atoms with Gasteiger partial charge in [0, 0.05) is 60.5 Å². The molecule has 2 aromatic heterocycles. The summed E-state index contributed by atoms with van der Waals surface area (Å²) < 4.78 is 2.01. The van der Waals surface area contributed by atoms with Crippen LogP contribution in [0.1, 0.15) is 22.8 Å². The van der Waals surface area contributed by atoms with Crippen LogP contribution in [-0.2, 0) is 5.75 Å². The van der Waals surface area contributed by atoms with Crippen LogP contribution in [0.3, 0.4) is 0 Å². The van der Waals surface area contributed by atoms with Crippen molar-refractivity contribution in [2.24, 2.45) is 0 Å². The average molecular weight is 519 g/mol. The molecular weight excluding hydrogens is 492 g/mol. The molecule has 184 valence electrons. The molecule has 4 aromatic rings. The molecule has 1 fully saturated rings. The molecule has 3 heterocycles. The third kappa shape index (κ3) is 5.46. The smallest absolute Gasteiger partial charge is 0.253 e. The van der Waals surface area contributed by atoms with Gasteiger partial charge in [-0.2, -0.15) is 0 Å². The Morgan fingerprint density at radius 2 is 1.75 bits per heavy atom. The topological polar surface area (TPSA) is 67.2 Å². The Bertz CT molecular complexity index is 1340. The first-order valence-corrected chi connectivity index (χ1v) is 13.3. The van der Waals surface area contributed by atoms with Gasteiger partial charge in [0.2, 0.25) is 0 Å². The lowest BCUT2D eigenvalue weighted by Gasteiger charge is -2.34. The first-order chi connectivity index (χ1) is 17.6. The minimum atomic E-state index is 0.0969. The van der Waals surface area contributed by atoms with Crippen LogP contribution in [-0.4, -0.2) is 68.2 Å². The van der Waals surface area contributed by atoms with Crippen molar-refractivity contribution in [2.45, 2.75) is 17.8 Å². The van der Waals surface area contributed by atoms with Crippen LogP contribution in [0.2, 0.25) is 5.02 Å². The summed E-state index contributed by atoms with van der Waals surface area (Å²) in [6.45, 7) is 6.58. The second-order valence-corrected chi connectivity index (χ2v) is 9.95. The maximum absolute atomic E-state index is 13.1. The minimum absolute atomic E-state index is 0.0969. The number of pyridine rings is 1. The fourth-order valence-corrected chi connectivity index (χ4v) is 5.37. The fraction of sp³-hybridized carbons (Fsp3) is 0.259. The van der Waals surface area contributed by atoms with Gasteiger partial charge >= 0.3 is 0 Å². The van der Waals surface area contributed by atoms with Gasteiger partial charge in [0.05, 0.1) is 5.69 Å². The second kappa shape index (κ2) is 11.2. The van der Waals surface area contributed by atoms with E-state index in [1.807, 2.05) is 70.1 Å². The highest BCUT2D eigenvalue weighted by atomic mass is 35.5. The molecule has 1 aliphatic heterocycles. The van der Waals surface area contributed by atoms with E-state index in [1.54, 1.807) is 24.2 Å². The van der Waals surface area contributed by atoms with Crippen molar-refractivity contribution < 1.29 is 4.79 Å². The van der Waals surface area contributed by atoms with Gasteiger partial charge in [-0.3, -0.25) is 14.3 Å². The maximum atomic E-state index is 13.1. The highest BCUT2D eigenvalue weighted by molar-refractivity contribution is 7.98. The van der Waals surface area contributed by atoms with Gasteiger partial charge in [0.15, 0.2) is 11.0 Å². The van der Waals surface area contributed by atoms with E-state index in [0.29, 0.717) is 10.8 Å². The van der Waals surface area contributed by atoms with Gasteiger partial charge in [0.1, 0.15) is 0 Å². The SMILES string of the molecule is CCN1CCN(C(=O)c2cccc(CSc3nnc(-c4ccncc4)n3-c3cccc(Cl)c3)c2)CC1. The third-order valence-electron chi connectivity index (χ3n) is 6.29. The predicted octanol–water partition coefficient (Wildman–Crippen LogP) is 5.05. The number of amides is 1. The fourth-order valence-electron chi connectivity index (χ4n) is 4.29. The molecule has 7 nitrogen and oxygen atoms in total. The largest absolute Gasteiger partial charge is 0.336 e. The Hall–Kier alpha value is -3.20. The lowest BCUT2D eigenvalue weighted by molar-refractivity contribution is 0.0643. The lowest BCUT2D eigenvalue weighted by atomic mass is 10.1. The Morgan fingerprint density at radius 3 is 2.50 bits per heavy atom. The van der Waals surface area contributed by atoms with Crippen LogP contribution in [0.4, 0.5) is 0 Å². The molecule has 0 unspecified atom stereocenters. The zero-order valence-electron chi connectivity index (χ0n) is 20.0. The van der Waals surface area contributed by atoms with Crippen molar-refractivity contribution in [1.29, 1.82) is 0 Å². The van der Waals surface area contributed by atoms with Gasteiger partial charge in [-0.1, -0.05) is 48.5 Å². The molecule has 1 aliphatic rings. The van der Waals surface area contributed by atoms with Crippen molar-refractivity contribution in [3.63, 3.8) is 0 Å². The summed E-state index contributed by atoms with van der Waals surface area (Å²) in [5, 5.41) is 10.4. The summed E-state index contributed by atoms with van der Waals surface area (Å²) in [7, 11) is 0. The van der Waals surface area contributed by atoms with Gasteiger partial charge in [-0.15, -0.1) is 10.2 Å². The molecule has 0 spiro atoms. The summed E-state index contributed by atoms with van der Waals surface area (Å²) in [5.41, 5.74) is 3.59. The summed E-state index contributed by atoms with van der Waals surface area (Å²) in [4.78, 5) is 21.5. The molecule has 0 bridgehead atoms. The quantitative estimate of drug-likeness (QED) is 0.319. The molecule has 1 amide bonds. The molecule has 0 radical (unpaired) electrons. The van der Waals surface area contributed by atoms with Crippen molar-refractivity contribution in [2.75, 3.05) is 32.7 Å². The zero-order valence-corrected chi connectivity index (χ0v) is 21.6. The number of thioether (sulfide) groups is 1. The van der Waals surface area contributed by atoms with Crippen LogP contribution in [0.15, 0.2) is 78.2 Å². The number of carbonyl (C=O) groups is 1. The minimum Gasteiger partial charge on any atom is -0.336 e. The first kappa shape index (κ1) is 24.5. The summed E-state index contributed by atoms with van der Waals surface area (Å²) in [6.07, 6.45) is 3.48. The van der Waals surface area contributed by atoms with Gasteiger partial charge in [-0.25, -0.2) is 0 Å². The Kier molecular flexibility index (Phi) is 7.65. The molecular formula is C27H27ClN6OS. The number of piperazine rings is 1. The van der Waals surface area contributed by atoms with E-state index in [0.717, 1.165) is 66.1 Å². The third-order valence-corrected chi connectivity index (χ3v) is 7.52. The molecule has 36 heavy (non-hydrogen) atoms. The van der Waals surface area contributed by atoms with Crippen molar-refractivity contribution in [3.05, 3.63) is 89.2 Å². The summed E-state index contributed by atoms with van der Waals surface area (Å²) >= 11 is 7.88. The second-order valence-electron chi connectivity index (χ2n) is 8.57. The summed E-state index contributed by atoms with van der Waals surface area (Å²) in [6, 6.07) is 19.4. The van der Waals surface area contributed by atoms with Crippen LogP contribution in [0, 0.1) is 0 Å². The van der Waals surface area contributed by atoms with Crippen LogP contribution >= 0.6 is 23.4 Å². The highest BCUT2D eigenvalue weighted by Crippen LogP contribution is 2.30. The number of hydrogen-bond acceptors (Lipinski definition) is 6. The lowest BCUT2D eigenvalue weighted by Crippen LogP contribution is -2.48. The monoisotopic (exact) mass is 518 g/mol. The Balaban J connectivity index is 1.37. The number of aromatic nitrogens is 4. The molecule has 0 N–H and O–H groups in total. The van der Waals surface area contributed by atoms with E-state index >= 15 is 0 Å². The Labute approximate surface area is 220 Å². The molecule has 9 heteroatoms. The number of likely N-dealkylation sites (N-methyl/N-ethyl adjacent to an activating group) is 1. The zero-order chi connectivity index (χ0) is 24.9. The maximum Gasteiger partial charge on any atom is 0.253 e. The molecule has 0 aliphatic carbocycles. The number of hydrogen-bond donors (Lipinski definition) is 0. The van der Waals surface area contributed by atoms with E-state index in [2.05, 4.69) is 27.0 Å². The van der Waals surface area contributed by atoms with Gasteiger partial charge in [0.25, 0.3) is 5.91 Å². The van der Waals surface area contributed by atoms with E-state index in [4.69, 9.17) is 11.6 Å². The average Bonchev–Trinajstić information content (AvgIpc) is 3.36. The first-order valence-electron chi connectivity index (χ1n) is 12.0. The van der Waals surface area contributed by atoms with Crippen LogP contribution < -0.4 is 0 Å². The number of halogens is 1. The molecule has 5 rings (SSSR count). The van der Waals surface area contributed by atoms with Gasteiger partial charge in [-0.05, 0) is 54.6 Å².